The molecule has 0 heterocycles. The van der Waals surface area contributed by atoms with Gasteiger partial charge >= 0.3 is 0 Å². The van der Waals surface area contributed by atoms with Gasteiger partial charge in [0.1, 0.15) is 5.75 Å². The van der Waals surface area contributed by atoms with Crippen LogP contribution in [0.25, 0.3) is 0 Å². The molecule has 0 aliphatic heterocycles. The first-order chi connectivity index (χ1) is 9.35. The van der Waals surface area contributed by atoms with Gasteiger partial charge < -0.3 is 15.4 Å². The highest BCUT2D eigenvalue weighted by Crippen LogP contribution is 2.20. The van der Waals surface area contributed by atoms with Crippen LogP contribution in [0.15, 0.2) is 24.3 Å². The van der Waals surface area contributed by atoms with Crippen LogP contribution >= 0.6 is 11.6 Å². The summed E-state index contributed by atoms with van der Waals surface area (Å²) in [5.74, 6) is -0.0607. The molecule has 0 aromatic heterocycles. The number of hydrogen-bond acceptors (Lipinski definition) is 3. The fourth-order valence-corrected chi connectivity index (χ4v) is 1.60. The first-order valence-electron chi connectivity index (χ1n) is 6.34. The summed E-state index contributed by atoms with van der Waals surface area (Å²) in [4.78, 5) is 23.3. The Bertz CT molecular complexity index is 472. The standard InChI is InChI=1S/C14H19ClN2O3/c1-4-16-12(18)9-17-13(19)14(2,3)20-11-7-5-10(15)6-8-11/h5-8H,4,9H2,1-3H3,(H,16,18)(H,17,19). The van der Waals surface area contributed by atoms with Gasteiger partial charge in [-0.1, -0.05) is 11.6 Å². The summed E-state index contributed by atoms with van der Waals surface area (Å²) < 4.78 is 5.61. The zero-order valence-corrected chi connectivity index (χ0v) is 12.6. The highest BCUT2D eigenvalue weighted by atomic mass is 35.5. The Morgan fingerprint density at radius 2 is 1.80 bits per heavy atom. The zero-order valence-electron chi connectivity index (χ0n) is 11.8. The number of hydrogen-bond donors (Lipinski definition) is 2. The van der Waals surface area contributed by atoms with Crippen molar-refractivity contribution < 1.29 is 14.3 Å². The largest absolute Gasteiger partial charge is 0.478 e. The Kier molecular flexibility index (Phi) is 5.82. The summed E-state index contributed by atoms with van der Waals surface area (Å²) in [6.45, 7) is 5.54. The van der Waals surface area contributed by atoms with E-state index in [1.54, 1.807) is 38.1 Å². The fourth-order valence-electron chi connectivity index (χ4n) is 1.48. The molecule has 0 spiro atoms. The van der Waals surface area contributed by atoms with Gasteiger partial charge in [-0.2, -0.15) is 0 Å². The molecule has 0 bridgehead atoms. The van der Waals surface area contributed by atoms with E-state index in [0.717, 1.165) is 0 Å². The molecule has 0 saturated carbocycles. The number of ether oxygens (including phenoxy) is 1. The van der Waals surface area contributed by atoms with Crippen molar-refractivity contribution in [3.8, 4) is 5.75 Å². The number of amides is 2. The quantitative estimate of drug-likeness (QED) is 0.841. The molecule has 1 aromatic carbocycles. The molecule has 5 nitrogen and oxygen atoms in total. The predicted molar refractivity (Wildman–Crippen MR) is 77.9 cm³/mol. The molecule has 0 aliphatic rings. The van der Waals surface area contributed by atoms with E-state index >= 15 is 0 Å². The maximum Gasteiger partial charge on any atom is 0.264 e. The molecule has 0 unspecified atom stereocenters. The SMILES string of the molecule is CCNC(=O)CNC(=O)C(C)(C)Oc1ccc(Cl)cc1. The number of benzene rings is 1. The number of halogens is 1. The first-order valence-corrected chi connectivity index (χ1v) is 6.72. The van der Waals surface area contributed by atoms with Crippen molar-refractivity contribution in [2.75, 3.05) is 13.1 Å². The van der Waals surface area contributed by atoms with Gasteiger partial charge in [0.05, 0.1) is 6.54 Å². The molecule has 0 radical (unpaired) electrons. The zero-order chi connectivity index (χ0) is 15.2. The highest BCUT2D eigenvalue weighted by molar-refractivity contribution is 6.30. The van der Waals surface area contributed by atoms with E-state index in [4.69, 9.17) is 16.3 Å². The summed E-state index contributed by atoms with van der Waals surface area (Å²) in [5, 5.41) is 5.73. The number of nitrogens with one attached hydrogen (secondary N) is 2. The topological polar surface area (TPSA) is 67.4 Å². The molecule has 2 N–H and O–H groups in total. The van der Waals surface area contributed by atoms with Crippen LogP contribution in [0, 0.1) is 0 Å². The van der Waals surface area contributed by atoms with Gasteiger partial charge in [0.2, 0.25) is 5.91 Å². The summed E-state index contributed by atoms with van der Waals surface area (Å²) in [6.07, 6.45) is 0. The smallest absolute Gasteiger partial charge is 0.264 e. The molecule has 2 amide bonds. The predicted octanol–water partition coefficient (Wildman–Crippen LogP) is 1.75. The number of carbonyl (C=O) groups is 2. The average Bonchev–Trinajstić information content (AvgIpc) is 2.38. The molecular formula is C14H19ClN2O3. The second kappa shape index (κ2) is 7.14. The van der Waals surface area contributed by atoms with Crippen molar-refractivity contribution in [3.05, 3.63) is 29.3 Å². The highest BCUT2D eigenvalue weighted by Gasteiger charge is 2.30. The Balaban J connectivity index is 2.56. The maximum atomic E-state index is 12.0. The monoisotopic (exact) mass is 298 g/mol. The lowest BCUT2D eigenvalue weighted by atomic mass is 10.1. The summed E-state index contributed by atoms with van der Waals surface area (Å²) >= 11 is 5.78. The minimum atomic E-state index is -1.08. The van der Waals surface area contributed by atoms with Crippen LogP contribution in [0.2, 0.25) is 5.02 Å². The summed E-state index contributed by atoms with van der Waals surface area (Å²) in [6, 6.07) is 6.72. The van der Waals surface area contributed by atoms with Gasteiger partial charge in [-0.25, -0.2) is 0 Å². The van der Waals surface area contributed by atoms with Crippen LogP contribution in [0.3, 0.4) is 0 Å². The molecule has 0 fully saturated rings. The molecule has 6 heteroatoms. The van der Waals surface area contributed by atoms with Crippen molar-refractivity contribution in [2.45, 2.75) is 26.4 Å². The van der Waals surface area contributed by atoms with E-state index in [1.165, 1.54) is 0 Å². The van der Waals surface area contributed by atoms with E-state index in [-0.39, 0.29) is 18.4 Å². The van der Waals surface area contributed by atoms with Gasteiger partial charge in [0.15, 0.2) is 5.60 Å². The van der Waals surface area contributed by atoms with Crippen LogP contribution < -0.4 is 15.4 Å². The Morgan fingerprint density at radius 1 is 1.20 bits per heavy atom. The van der Waals surface area contributed by atoms with E-state index in [9.17, 15) is 9.59 Å². The van der Waals surface area contributed by atoms with Gasteiger partial charge in [0.25, 0.3) is 5.91 Å². The molecule has 0 saturated heterocycles. The van der Waals surface area contributed by atoms with Crippen molar-refractivity contribution in [1.82, 2.24) is 10.6 Å². The second-order valence-corrected chi connectivity index (χ2v) is 5.14. The summed E-state index contributed by atoms with van der Waals surface area (Å²) in [5.41, 5.74) is -1.08. The van der Waals surface area contributed by atoms with Crippen LogP contribution in [0.5, 0.6) is 5.75 Å². The van der Waals surface area contributed by atoms with Gasteiger partial charge in [-0.05, 0) is 45.0 Å². The number of likely N-dealkylation sites (N-methyl/N-ethyl adjacent to an activating group) is 1. The molecule has 20 heavy (non-hydrogen) atoms. The molecule has 0 aliphatic carbocycles. The van der Waals surface area contributed by atoms with Crippen molar-refractivity contribution >= 4 is 23.4 Å². The van der Waals surface area contributed by atoms with Crippen LogP contribution in [0.1, 0.15) is 20.8 Å². The number of carbonyl (C=O) groups excluding carboxylic acids is 2. The molecule has 1 rings (SSSR count). The Hall–Kier alpha value is -1.75. The fraction of sp³-hybridized carbons (Fsp3) is 0.429. The number of rotatable bonds is 6. The third kappa shape index (κ3) is 5.09. The van der Waals surface area contributed by atoms with E-state index in [1.807, 2.05) is 6.92 Å². The lowest BCUT2D eigenvalue weighted by Crippen LogP contribution is -2.49. The minimum Gasteiger partial charge on any atom is -0.478 e. The third-order valence-electron chi connectivity index (χ3n) is 2.52. The van der Waals surface area contributed by atoms with Crippen molar-refractivity contribution in [1.29, 1.82) is 0 Å². The lowest BCUT2D eigenvalue weighted by molar-refractivity contribution is -0.136. The van der Waals surface area contributed by atoms with E-state index in [0.29, 0.717) is 17.3 Å². The average molecular weight is 299 g/mol. The minimum absolute atomic E-state index is 0.0694. The third-order valence-corrected chi connectivity index (χ3v) is 2.77. The lowest BCUT2D eigenvalue weighted by Gasteiger charge is -2.25. The van der Waals surface area contributed by atoms with Gasteiger partial charge in [-0.15, -0.1) is 0 Å². The first kappa shape index (κ1) is 16.3. The van der Waals surface area contributed by atoms with Crippen molar-refractivity contribution in [2.24, 2.45) is 0 Å². The van der Waals surface area contributed by atoms with Crippen LogP contribution in [0.4, 0.5) is 0 Å². The molecule has 110 valence electrons. The van der Waals surface area contributed by atoms with Gasteiger partial charge in [-0.3, -0.25) is 9.59 Å². The molecule has 0 atom stereocenters. The molecule has 1 aromatic rings. The summed E-state index contributed by atoms with van der Waals surface area (Å²) in [7, 11) is 0. The van der Waals surface area contributed by atoms with Crippen LogP contribution in [-0.4, -0.2) is 30.5 Å². The molecular weight excluding hydrogens is 280 g/mol. The van der Waals surface area contributed by atoms with Crippen LogP contribution in [-0.2, 0) is 9.59 Å². The second-order valence-electron chi connectivity index (χ2n) is 4.70. The van der Waals surface area contributed by atoms with Gasteiger partial charge in [0, 0.05) is 11.6 Å². The van der Waals surface area contributed by atoms with E-state index in [2.05, 4.69) is 10.6 Å². The normalized spacial score (nSPS) is 10.8. The Morgan fingerprint density at radius 3 is 2.35 bits per heavy atom. The maximum absolute atomic E-state index is 12.0. The van der Waals surface area contributed by atoms with Crippen molar-refractivity contribution in [3.63, 3.8) is 0 Å². The van der Waals surface area contributed by atoms with E-state index < -0.39 is 5.60 Å². The Labute approximate surface area is 123 Å².